The molecule has 3 N–H and O–H groups in total. The number of carbonyl (C=O) groups is 2. The van der Waals surface area contributed by atoms with E-state index in [1.165, 1.54) is 31.7 Å². The number of hydrogen-bond donors (Lipinski definition) is 3. The topological polar surface area (TPSA) is 78.4 Å². The Bertz CT molecular complexity index is 528. The third kappa shape index (κ3) is 4.44. The summed E-state index contributed by atoms with van der Waals surface area (Å²) in [5.41, 5.74) is -0.203. The molecule has 0 aromatic heterocycles. The lowest BCUT2D eigenvalue weighted by molar-refractivity contribution is 0.0692. The molecule has 0 heterocycles. The zero-order chi connectivity index (χ0) is 15.2. The summed E-state index contributed by atoms with van der Waals surface area (Å²) in [6.45, 7) is 0.587. The summed E-state index contributed by atoms with van der Waals surface area (Å²) in [6, 6.07) is 3.06. The van der Waals surface area contributed by atoms with E-state index < -0.39 is 23.4 Å². The molecule has 0 saturated heterocycles. The number of nitrogens with one attached hydrogen (secondary N) is 2. The van der Waals surface area contributed by atoms with E-state index >= 15 is 0 Å². The van der Waals surface area contributed by atoms with Crippen molar-refractivity contribution in [3.05, 3.63) is 29.6 Å². The number of rotatable bonds is 5. The first kappa shape index (κ1) is 15.3. The van der Waals surface area contributed by atoms with E-state index in [1.54, 1.807) is 0 Å². The fourth-order valence-corrected chi connectivity index (χ4v) is 2.63. The average molecular weight is 294 g/mol. The van der Waals surface area contributed by atoms with Crippen LogP contribution in [0.1, 0.15) is 42.5 Å². The number of hydrogen-bond acceptors (Lipinski definition) is 2. The predicted octanol–water partition coefficient (Wildman–Crippen LogP) is 3.23. The Morgan fingerprint density at radius 1 is 1.29 bits per heavy atom. The molecule has 1 aromatic rings. The molecule has 1 aliphatic rings. The van der Waals surface area contributed by atoms with Crippen molar-refractivity contribution in [2.75, 3.05) is 11.9 Å². The summed E-state index contributed by atoms with van der Waals surface area (Å²) in [4.78, 5) is 22.5. The smallest absolute Gasteiger partial charge is 0.338 e. The Kier molecular flexibility index (Phi) is 5.14. The highest BCUT2D eigenvalue weighted by molar-refractivity contribution is 5.93. The Balaban J connectivity index is 1.81. The normalized spacial score (nSPS) is 14.9. The number of carboxylic acids is 1. The van der Waals surface area contributed by atoms with Crippen molar-refractivity contribution < 1.29 is 19.1 Å². The molecule has 0 radical (unpaired) electrons. The maximum absolute atomic E-state index is 13.2. The van der Waals surface area contributed by atoms with Gasteiger partial charge < -0.3 is 15.7 Å². The Labute approximate surface area is 122 Å². The van der Waals surface area contributed by atoms with Gasteiger partial charge in [0.25, 0.3) is 0 Å². The highest BCUT2D eigenvalue weighted by Gasteiger charge is 2.15. The van der Waals surface area contributed by atoms with Crippen molar-refractivity contribution in [1.29, 1.82) is 0 Å². The highest BCUT2D eigenvalue weighted by Crippen LogP contribution is 2.26. The van der Waals surface area contributed by atoms with Crippen molar-refractivity contribution in [3.8, 4) is 0 Å². The van der Waals surface area contributed by atoms with Gasteiger partial charge in [-0.25, -0.2) is 14.0 Å². The average Bonchev–Trinajstić information content (AvgIpc) is 2.94. The second-order valence-electron chi connectivity index (χ2n) is 5.32. The number of halogens is 1. The van der Waals surface area contributed by atoms with Crippen LogP contribution in [0.3, 0.4) is 0 Å². The Morgan fingerprint density at radius 2 is 2.00 bits per heavy atom. The molecule has 6 heteroatoms. The SMILES string of the molecule is O=C(NCCC1CCCC1)Nc1ccc(F)c(C(=O)O)c1. The second-order valence-corrected chi connectivity index (χ2v) is 5.32. The van der Waals surface area contributed by atoms with Crippen molar-refractivity contribution in [3.63, 3.8) is 0 Å². The molecule has 1 aromatic carbocycles. The van der Waals surface area contributed by atoms with Crippen LogP contribution in [0.25, 0.3) is 0 Å². The predicted molar refractivity (Wildman–Crippen MR) is 77.0 cm³/mol. The minimum Gasteiger partial charge on any atom is -0.478 e. The van der Waals surface area contributed by atoms with E-state index in [1.807, 2.05) is 0 Å². The Morgan fingerprint density at radius 3 is 2.67 bits per heavy atom. The molecule has 0 bridgehead atoms. The molecule has 21 heavy (non-hydrogen) atoms. The molecule has 5 nitrogen and oxygen atoms in total. The van der Waals surface area contributed by atoms with E-state index in [9.17, 15) is 14.0 Å². The molecule has 0 atom stereocenters. The maximum Gasteiger partial charge on any atom is 0.338 e. The second kappa shape index (κ2) is 7.06. The number of benzene rings is 1. The number of anilines is 1. The van der Waals surface area contributed by atoms with Gasteiger partial charge in [0.2, 0.25) is 0 Å². The van der Waals surface area contributed by atoms with E-state index in [-0.39, 0.29) is 5.69 Å². The van der Waals surface area contributed by atoms with Crippen molar-refractivity contribution in [2.24, 2.45) is 5.92 Å². The van der Waals surface area contributed by atoms with Crippen LogP contribution in [0.15, 0.2) is 18.2 Å². The molecule has 0 aliphatic heterocycles. The van der Waals surface area contributed by atoms with Crippen molar-refractivity contribution in [1.82, 2.24) is 5.32 Å². The monoisotopic (exact) mass is 294 g/mol. The molecule has 114 valence electrons. The molecular weight excluding hydrogens is 275 g/mol. The fraction of sp³-hybridized carbons (Fsp3) is 0.467. The van der Waals surface area contributed by atoms with Gasteiger partial charge in [-0.05, 0) is 30.5 Å². The molecular formula is C15H19FN2O3. The van der Waals surface area contributed by atoms with E-state index in [0.717, 1.165) is 18.6 Å². The summed E-state index contributed by atoms with van der Waals surface area (Å²) in [6.07, 6.45) is 5.94. The third-order valence-corrected chi connectivity index (χ3v) is 3.77. The zero-order valence-corrected chi connectivity index (χ0v) is 11.7. The Hall–Kier alpha value is -2.11. The van der Waals surface area contributed by atoms with Gasteiger partial charge in [-0.15, -0.1) is 0 Å². The maximum atomic E-state index is 13.2. The molecule has 1 fully saturated rings. The first-order valence-corrected chi connectivity index (χ1v) is 7.14. The quantitative estimate of drug-likeness (QED) is 0.780. The molecule has 0 spiro atoms. The van der Waals surface area contributed by atoms with Crippen LogP contribution in [0.4, 0.5) is 14.9 Å². The van der Waals surface area contributed by atoms with Gasteiger partial charge in [-0.1, -0.05) is 25.7 Å². The van der Waals surface area contributed by atoms with Crippen molar-refractivity contribution >= 4 is 17.7 Å². The van der Waals surface area contributed by atoms with Crippen LogP contribution in [-0.2, 0) is 0 Å². The van der Waals surface area contributed by atoms with Crippen LogP contribution in [0.2, 0.25) is 0 Å². The van der Waals surface area contributed by atoms with E-state index in [4.69, 9.17) is 5.11 Å². The van der Waals surface area contributed by atoms with Gasteiger partial charge in [0.1, 0.15) is 5.82 Å². The molecule has 0 unspecified atom stereocenters. The number of amides is 2. The van der Waals surface area contributed by atoms with Crippen LogP contribution in [0.5, 0.6) is 0 Å². The van der Waals surface area contributed by atoms with Gasteiger partial charge in [-0.2, -0.15) is 0 Å². The minimum absolute atomic E-state index is 0.257. The zero-order valence-electron chi connectivity index (χ0n) is 11.7. The standard InChI is InChI=1S/C15H19FN2O3/c16-13-6-5-11(9-12(13)14(19)20)18-15(21)17-8-7-10-3-1-2-4-10/h5-6,9-10H,1-4,7-8H2,(H,19,20)(H2,17,18,21). The highest BCUT2D eigenvalue weighted by atomic mass is 19.1. The largest absolute Gasteiger partial charge is 0.478 e. The lowest BCUT2D eigenvalue weighted by Crippen LogP contribution is -2.30. The molecule has 2 rings (SSSR count). The first-order chi connectivity index (χ1) is 10.1. The molecule has 1 aliphatic carbocycles. The van der Waals surface area contributed by atoms with Gasteiger partial charge in [0.15, 0.2) is 0 Å². The minimum atomic E-state index is -1.36. The summed E-state index contributed by atoms with van der Waals surface area (Å²) < 4.78 is 13.2. The summed E-state index contributed by atoms with van der Waals surface area (Å²) in [5.74, 6) is -1.50. The number of urea groups is 1. The molecule has 1 saturated carbocycles. The van der Waals surface area contributed by atoms with Crippen LogP contribution in [-0.4, -0.2) is 23.7 Å². The van der Waals surface area contributed by atoms with E-state index in [2.05, 4.69) is 10.6 Å². The summed E-state index contributed by atoms with van der Waals surface area (Å²) in [5, 5.41) is 14.1. The first-order valence-electron chi connectivity index (χ1n) is 7.14. The van der Waals surface area contributed by atoms with Gasteiger partial charge in [-0.3, -0.25) is 0 Å². The number of carboxylic acid groups (broad SMARTS) is 1. The summed E-state index contributed by atoms with van der Waals surface area (Å²) in [7, 11) is 0. The molecule has 2 amide bonds. The van der Waals surface area contributed by atoms with Gasteiger partial charge in [0.05, 0.1) is 5.56 Å². The van der Waals surface area contributed by atoms with E-state index in [0.29, 0.717) is 12.5 Å². The lowest BCUT2D eigenvalue weighted by atomic mass is 10.0. The van der Waals surface area contributed by atoms with Gasteiger partial charge >= 0.3 is 12.0 Å². The van der Waals surface area contributed by atoms with Crippen LogP contribution >= 0.6 is 0 Å². The number of carbonyl (C=O) groups excluding carboxylic acids is 1. The lowest BCUT2D eigenvalue weighted by Gasteiger charge is -2.11. The third-order valence-electron chi connectivity index (χ3n) is 3.77. The number of aromatic carboxylic acids is 1. The van der Waals surface area contributed by atoms with Crippen molar-refractivity contribution in [2.45, 2.75) is 32.1 Å². The fourth-order valence-electron chi connectivity index (χ4n) is 2.63. The van der Waals surface area contributed by atoms with Crippen LogP contribution < -0.4 is 10.6 Å². The van der Waals surface area contributed by atoms with Crippen LogP contribution in [0, 0.1) is 11.7 Å². The van der Waals surface area contributed by atoms with Gasteiger partial charge in [0, 0.05) is 12.2 Å². The summed E-state index contributed by atoms with van der Waals surface area (Å²) >= 11 is 0.